The van der Waals surface area contributed by atoms with E-state index < -0.39 is 6.04 Å². The van der Waals surface area contributed by atoms with E-state index >= 15 is 0 Å². The molecule has 3 rings (SSSR count). The van der Waals surface area contributed by atoms with E-state index in [9.17, 15) is 14.0 Å². The predicted octanol–water partition coefficient (Wildman–Crippen LogP) is 1.20. The van der Waals surface area contributed by atoms with Crippen LogP contribution in [0.2, 0.25) is 0 Å². The number of nitrogens with zero attached hydrogens (tertiary/aromatic N) is 1. The summed E-state index contributed by atoms with van der Waals surface area (Å²) in [4.78, 5) is 26.0. The highest BCUT2D eigenvalue weighted by molar-refractivity contribution is 8.00. The standard InChI is InChI=1S/C15H17FN2O2S/c16-11-5-2-1-4-10(11)8-13-14(19)17-12(9-21-13)15(20)18-6-3-7-18/h1-2,4-5,12-13H,3,6-9H2,(H,17,19). The fraction of sp³-hybridized carbons (Fsp3) is 0.467. The average Bonchev–Trinajstić information content (AvgIpc) is 2.41. The molecule has 2 fully saturated rings. The van der Waals surface area contributed by atoms with Gasteiger partial charge in [-0.1, -0.05) is 18.2 Å². The molecular formula is C15H17FN2O2S. The van der Waals surface area contributed by atoms with Crippen LogP contribution in [0, 0.1) is 5.82 Å². The highest BCUT2D eigenvalue weighted by Crippen LogP contribution is 2.24. The molecule has 112 valence electrons. The second-order valence-corrected chi connectivity index (χ2v) is 6.59. The summed E-state index contributed by atoms with van der Waals surface area (Å²) in [7, 11) is 0. The van der Waals surface area contributed by atoms with Crippen molar-refractivity contribution in [3.8, 4) is 0 Å². The van der Waals surface area contributed by atoms with Crippen molar-refractivity contribution in [2.45, 2.75) is 24.1 Å². The Bertz CT molecular complexity index is 562. The van der Waals surface area contributed by atoms with Crippen LogP contribution in [0.25, 0.3) is 0 Å². The van der Waals surface area contributed by atoms with Crippen LogP contribution in [-0.2, 0) is 16.0 Å². The number of nitrogens with one attached hydrogen (secondary N) is 1. The van der Waals surface area contributed by atoms with Gasteiger partial charge < -0.3 is 10.2 Å². The number of benzene rings is 1. The fourth-order valence-electron chi connectivity index (χ4n) is 2.50. The molecule has 0 saturated carbocycles. The third kappa shape index (κ3) is 3.05. The first kappa shape index (κ1) is 14.4. The number of amides is 2. The van der Waals surface area contributed by atoms with Gasteiger partial charge in [0.25, 0.3) is 0 Å². The van der Waals surface area contributed by atoms with E-state index in [0.29, 0.717) is 17.7 Å². The molecule has 0 spiro atoms. The van der Waals surface area contributed by atoms with Gasteiger partial charge >= 0.3 is 0 Å². The highest BCUT2D eigenvalue weighted by Gasteiger charge is 2.35. The Balaban J connectivity index is 1.60. The third-order valence-electron chi connectivity index (χ3n) is 3.90. The third-order valence-corrected chi connectivity index (χ3v) is 5.21. The number of hydrogen-bond acceptors (Lipinski definition) is 3. The number of likely N-dealkylation sites (tertiary alicyclic amines) is 1. The lowest BCUT2D eigenvalue weighted by atomic mass is 10.1. The average molecular weight is 308 g/mol. The molecule has 2 saturated heterocycles. The molecule has 1 aromatic carbocycles. The zero-order chi connectivity index (χ0) is 14.8. The highest BCUT2D eigenvalue weighted by atomic mass is 32.2. The molecule has 0 aromatic heterocycles. The summed E-state index contributed by atoms with van der Waals surface area (Å²) in [6, 6.07) is 6.06. The van der Waals surface area contributed by atoms with E-state index in [4.69, 9.17) is 0 Å². The maximum atomic E-state index is 13.6. The van der Waals surface area contributed by atoms with Crippen LogP contribution in [-0.4, -0.2) is 46.8 Å². The Labute approximate surface area is 127 Å². The van der Waals surface area contributed by atoms with Gasteiger partial charge in [0.15, 0.2) is 0 Å². The minimum absolute atomic E-state index is 0.00596. The molecule has 2 atom stereocenters. The van der Waals surface area contributed by atoms with E-state index in [1.165, 1.54) is 17.8 Å². The van der Waals surface area contributed by atoms with Crippen LogP contribution in [0.1, 0.15) is 12.0 Å². The first-order valence-electron chi connectivity index (χ1n) is 7.09. The number of carbonyl (C=O) groups excluding carboxylic acids is 2. The molecular weight excluding hydrogens is 291 g/mol. The molecule has 0 radical (unpaired) electrons. The smallest absolute Gasteiger partial charge is 0.246 e. The van der Waals surface area contributed by atoms with Crippen LogP contribution in [0.3, 0.4) is 0 Å². The molecule has 1 N–H and O–H groups in total. The van der Waals surface area contributed by atoms with Gasteiger partial charge in [0.1, 0.15) is 11.9 Å². The van der Waals surface area contributed by atoms with Crippen molar-refractivity contribution >= 4 is 23.6 Å². The van der Waals surface area contributed by atoms with Gasteiger partial charge in [0.05, 0.1) is 5.25 Å². The van der Waals surface area contributed by atoms with Gasteiger partial charge in [0, 0.05) is 18.8 Å². The first-order chi connectivity index (χ1) is 10.1. The van der Waals surface area contributed by atoms with Crippen LogP contribution in [0.5, 0.6) is 0 Å². The van der Waals surface area contributed by atoms with Crippen molar-refractivity contribution in [2.24, 2.45) is 0 Å². The summed E-state index contributed by atoms with van der Waals surface area (Å²) in [6.07, 6.45) is 1.39. The van der Waals surface area contributed by atoms with Crippen molar-refractivity contribution in [1.82, 2.24) is 10.2 Å². The zero-order valence-electron chi connectivity index (χ0n) is 11.5. The molecule has 0 aliphatic carbocycles. The van der Waals surface area contributed by atoms with Gasteiger partial charge in [-0.15, -0.1) is 11.8 Å². The van der Waals surface area contributed by atoms with Crippen LogP contribution >= 0.6 is 11.8 Å². The second kappa shape index (κ2) is 6.05. The fourth-order valence-corrected chi connectivity index (χ4v) is 3.67. The van der Waals surface area contributed by atoms with E-state index in [-0.39, 0.29) is 22.9 Å². The molecule has 4 nitrogen and oxygen atoms in total. The molecule has 6 heteroatoms. The van der Waals surface area contributed by atoms with E-state index in [1.807, 2.05) is 0 Å². The van der Waals surface area contributed by atoms with Gasteiger partial charge in [-0.2, -0.15) is 0 Å². The van der Waals surface area contributed by atoms with Crippen molar-refractivity contribution in [3.63, 3.8) is 0 Å². The van der Waals surface area contributed by atoms with Crippen LogP contribution < -0.4 is 5.32 Å². The molecule has 21 heavy (non-hydrogen) atoms. The van der Waals surface area contributed by atoms with Crippen LogP contribution in [0.4, 0.5) is 4.39 Å². The summed E-state index contributed by atoms with van der Waals surface area (Å²) in [6.45, 7) is 1.57. The Kier molecular flexibility index (Phi) is 4.14. The number of hydrogen-bond donors (Lipinski definition) is 1. The van der Waals surface area contributed by atoms with E-state index in [0.717, 1.165) is 19.5 Å². The zero-order valence-corrected chi connectivity index (χ0v) is 12.4. The van der Waals surface area contributed by atoms with Crippen molar-refractivity contribution < 1.29 is 14.0 Å². The minimum Gasteiger partial charge on any atom is -0.343 e. The summed E-state index contributed by atoms with van der Waals surface area (Å²) in [5.41, 5.74) is 0.540. The van der Waals surface area contributed by atoms with Crippen molar-refractivity contribution in [3.05, 3.63) is 35.6 Å². The molecule has 2 amide bonds. The minimum atomic E-state index is -0.431. The molecule has 2 unspecified atom stereocenters. The van der Waals surface area contributed by atoms with Crippen LogP contribution in [0.15, 0.2) is 24.3 Å². The summed E-state index contributed by atoms with van der Waals surface area (Å²) in [5, 5.41) is 2.45. The van der Waals surface area contributed by atoms with Gasteiger partial charge in [0.2, 0.25) is 11.8 Å². The lowest BCUT2D eigenvalue weighted by Crippen LogP contribution is -2.57. The Hall–Kier alpha value is -1.56. The molecule has 2 aliphatic rings. The van der Waals surface area contributed by atoms with Gasteiger partial charge in [-0.05, 0) is 24.5 Å². The van der Waals surface area contributed by atoms with E-state index in [2.05, 4.69) is 5.32 Å². The molecule has 1 aromatic rings. The van der Waals surface area contributed by atoms with Gasteiger partial charge in [-0.3, -0.25) is 9.59 Å². The van der Waals surface area contributed by atoms with E-state index in [1.54, 1.807) is 23.1 Å². The monoisotopic (exact) mass is 308 g/mol. The summed E-state index contributed by atoms with van der Waals surface area (Å²) >= 11 is 1.44. The Morgan fingerprint density at radius 2 is 2.14 bits per heavy atom. The number of rotatable bonds is 3. The second-order valence-electron chi connectivity index (χ2n) is 5.36. The topological polar surface area (TPSA) is 49.4 Å². The Morgan fingerprint density at radius 1 is 1.38 bits per heavy atom. The number of thioether (sulfide) groups is 1. The summed E-state index contributed by atoms with van der Waals surface area (Å²) in [5.74, 6) is 0.102. The quantitative estimate of drug-likeness (QED) is 0.913. The predicted molar refractivity (Wildman–Crippen MR) is 79.5 cm³/mol. The van der Waals surface area contributed by atoms with Crippen molar-refractivity contribution in [2.75, 3.05) is 18.8 Å². The number of halogens is 1. The first-order valence-corrected chi connectivity index (χ1v) is 8.14. The lowest BCUT2D eigenvalue weighted by Gasteiger charge is -2.36. The normalized spacial score (nSPS) is 25.2. The molecule has 2 heterocycles. The summed E-state index contributed by atoms with van der Waals surface area (Å²) < 4.78 is 13.6. The van der Waals surface area contributed by atoms with Crippen molar-refractivity contribution in [1.29, 1.82) is 0 Å². The maximum Gasteiger partial charge on any atom is 0.246 e. The molecule has 2 aliphatic heterocycles. The Morgan fingerprint density at radius 3 is 2.76 bits per heavy atom. The van der Waals surface area contributed by atoms with Gasteiger partial charge in [-0.25, -0.2) is 4.39 Å². The lowest BCUT2D eigenvalue weighted by molar-refractivity contribution is -0.138. The number of carbonyl (C=O) groups is 2. The largest absolute Gasteiger partial charge is 0.343 e. The SMILES string of the molecule is O=C1NC(C(=O)N2CCC2)CSC1Cc1ccccc1F. The maximum absolute atomic E-state index is 13.6. The molecule has 0 bridgehead atoms.